The molecule has 2 nitrogen and oxygen atoms in total. The summed E-state index contributed by atoms with van der Waals surface area (Å²) in [5.74, 6) is 0.599. The van der Waals surface area contributed by atoms with Crippen LogP contribution in [0.1, 0.15) is 18.9 Å². The molecule has 0 unspecified atom stereocenters. The molecule has 0 heterocycles. The molecule has 0 aliphatic heterocycles. The van der Waals surface area contributed by atoms with Crippen LogP contribution in [0.4, 0.5) is 0 Å². The van der Waals surface area contributed by atoms with Crippen molar-refractivity contribution in [3.05, 3.63) is 35.9 Å². The van der Waals surface area contributed by atoms with E-state index in [4.69, 9.17) is 5.41 Å². The lowest BCUT2D eigenvalue weighted by Crippen LogP contribution is -2.27. The second-order valence-corrected chi connectivity index (χ2v) is 3.14. The van der Waals surface area contributed by atoms with Crippen molar-refractivity contribution in [2.24, 2.45) is 0 Å². The van der Waals surface area contributed by atoms with E-state index in [0.29, 0.717) is 5.84 Å². The Bertz CT molecular complexity index is 267. The molecule has 0 bridgehead atoms. The summed E-state index contributed by atoms with van der Waals surface area (Å²) in [6.45, 7) is 3.06. The van der Waals surface area contributed by atoms with Crippen LogP contribution in [0.15, 0.2) is 30.3 Å². The molecule has 1 aromatic rings. The third-order valence-corrected chi connectivity index (χ3v) is 1.99. The zero-order valence-electron chi connectivity index (χ0n) is 8.25. The van der Waals surface area contributed by atoms with Gasteiger partial charge in [0.05, 0.1) is 0 Å². The van der Waals surface area contributed by atoms with Gasteiger partial charge in [0, 0.05) is 19.2 Å². The van der Waals surface area contributed by atoms with E-state index < -0.39 is 0 Å². The fourth-order valence-electron chi connectivity index (χ4n) is 1.26. The second kappa shape index (κ2) is 4.65. The molecule has 0 radical (unpaired) electrons. The standard InChI is InChI=1S/C11H16N2/c1-3-9-13(2)11(12)10-7-5-4-6-8-10/h4-8,12H,3,9H2,1-2H3. The number of benzene rings is 1. The maximum absolute atomic E-state index is 7.86. The van der Waals surface area contributed by atoms with Crippen LogP contribution in [-0.4, -0.2) is 24.3 Å². The van der Waals surface area contributed by atoms with Gasteiger partial charge in [-0.2, -0.15) is 0 Å². The van der Waals surface area contributed by atoms with Gasteiger partial charge in [0.1, 0.15) is 5.84 Å². The van der Waals surface area contributed by atoms with Gasteiger partial charge in [-0.1, -0.05) is 37.3 Å². The van der Waals surface area contributed by atoms with E-state index in [1.807, 2.05) is 42.3 Å². The minimum atomic E-state index is 0.599. The number of rotatable bonds is 3. The van der Waals surface area contributed by atoms with E-state index in [9.17, 15) is 0 Å². The first kappa shape index (κ1) is 9.78. The van der Waals surface area contributed by atoms with Crippen molar-refractivity contribution < 1.29 is 0 Å². The Morgan fingerprint density at radius 2 is 1.92 bits per heavy atom. The van der Waals surface area contributed by atoms with E-state index >= 15 is 0 Å². The summed E-state index contributed by atoms with van der Waals surface area (Å²) in [6, 6.07) is 9.83. The molecule has 0 amide bonds. The summed E-state index contributed by atoms with van der Waals surface area (Å²) in [4.78, 5) is 1.97. The van der Waals surface area contributed by atoms with Gasteiger partial charge in [0.15, 0.2) is 0 Å². The monoisotopic (exact) mass is 176 g/mol. The predicted molar refractivity (Wildman–Crippen MR) is 56.2 cm³/mol. The van der Waals surface area contributed by atoms with Crippen molar-refractivity contribution >= 4 is 5.84 Å². The summed E-state index contributed by atoms with van der Waals surface area (Å²) in [5.41, 5.74) is 0.985. The van der Waals surface area contributed by atoms with Crippen LogP contribution in [0.2, 0.25) is 0 Å². The molecule has 0 atom stereocenters. The summed E-state index contributed by atoms with van der Waals surface area (Å²) in [5, 5.41) is 7.86. The molecule has 0 aliphatic rings. The Kier molecular flexibility index (Phi) is 3.50. The van der Waals surface area contributed by atoms with Crippen LogP contribution in [0.3, 0.4) is 0 Å². The highest BCUT2D eigenvalue weighted by Gasteiger charge is 2.04. The summed E-state index contributed by atoms with van der Waals surface area (Å²) in [6.07, 6.45) is 1.08. The van der Waals surface area contributed by atoms with E-state index in [2.05, 4.69) is 6.92 Å². The number of hydrogen-bond donors (Lipinski definition) is 1. The van der Waals surface area contributed by atoms with Crippen molar-refractivity contribution in [3.63, 3.8) is 0 Å². The van der Waals surface area contributed by atoms with Crippen molar-refractivity contribution in [1.82, 2.24) is 4.90 Å². The van der Waals surface area contributed by atoms with Crippen molar-refractivity contribution in [2.45, 2.75) is 13.3 Å². The van der Waals surface area contributed by atoms with E-state index in [0.717, 1.165) is 18.5 Å². The Morgan fingerprint density at radius 3 is 2.46 bits per heavy atom. The van der Waals surface area contributed by atoms with Crippen molar-refractivity contribution in [1.29, 1.82) is 5.41 Å². The number of hydrogen-bond acceptors (Lipinski definition) is 1. The van der Waals surface area contributed by atoms with Crippen LogP contribution in [0.25, 0.3) is 0 Å². The molecular weight excluding hydrogens is 160 g/mol. The molecule has 70 valence electrons. The minimum Gasteiger partial charge on any atom is -0.360 e. The first-order chi connectivity index (χ1) is 6.25. The summed E-state index contributed by atoms with van der Waals surface area (Å²) >= 11 is 0. The number of amidine groups is 1. The fourth-order valence-corrected chi connectivity index (χ4v) is 1.26. The average molecular weight is 176 g/mol. The Labute approximate surface area is 79.7 Å². The van der Waals surface area contributed by atoms with Gasteiger partial charge in [-0.25, -0.2) is 0 Å². The zero-order chi connectivity index (χ0) is 9.68. The molecular formula is C11H16N2. The van der Waals surface area contributed by atoms with Gasteiger partial charge >= 0.3 is 0 Å². The van der Waals surface area contributed by atoms with Gasteiger partial charge in [0.25, 0.3) is 0 Å². The van der Waals surface area contributed by atoms with Crippen LogP contribution >= 0.6 is 0 Å². The SMILES string of the molecule is CCCN(C)C(=N)c1ccccc1. The largest absolute Gasteiger partial charge is 0.360 e. The highest BCUT2D eigenvalue weighted by molar-refractivity contribution is 5.96. The molecule has 0 saturated heterocycles. The van der Waals surface area contributed by atoms with Crippen molar-refractivity contribution in [2.75, 3.05) is 13.6 Å². The van der Waals surface area contributed by atoms with Crippen molar-refractivity contribution in [3.8, 4) is 0 Å². The molecule has 0 spiro atoms. The predicted octanol–water partition coefficient (Wildman–Crippen LogP) is 2.35. The summed E-state index contributed by atoms with van der Waals surface area (Å²) < 4.78 is 0. The molecule has 0 saturated carbocycles. The van der Waals surface area contributed by atoms with Gasteiger partial charge in [-0.3, -0.25) is 5.41 Å². The fraction of sp³-hybridized carbons (Fsp3) is 0.364. The van der Waals surface area contributed by atoms with Crippen LogP contribution in [0.5, 0.6) is 0 Å². The smallest absolute Gasteiger partial charge is 0.127 e. The lowest BCUT2D eigenvalue weighted by molar-refractivity contribution is 0.499. The minimum absolute atomic E-state index is 0.599. The molecule has 0 aromatic heterocycles. The third-order valence-electron chi connectivity index (χ3n) is 1.99. The van der Waals surface area contributed by atoms with Gasteiger partial charge in [-0.05, 0) is 6.42 Å². The van der Waals surface area contributed by atoms with Crippen LogP contribution < -0.4 is 0 Å². The lowest BCUT2D eigenvalue weighted by Gasteiger charge is -2.18. The first-order valence-electron chi connectivity index (χ1n) is 4.60. The molecule has 0 aliphatic carbocycles. The Morgan fingerprint density at radius 1 is 1.31 bits per heavy atom. The summed E-state index contributed by atoms with van der Waals surface area (Å²) in [7, 11) is 1.96. The molecule has 2 heteroatoms. The Hall–Kier alpha value is -1.31. The third kappa shape index (κ3) is 2.58. The maximum atomic E-state index is 7.86. The molecule has 1 aromatic carbocycles. The van der Waals surface area contributed by atoms with E-state index in [1.165, 1.54) is 0 Å². The molecule has 1 N–H and O–H groups in total. The molecule has 13 heavy (non-hydrogen) atoms. The maximum Gasteiger partial charge on any atom is 0.127 e. The number of nitrogens with one attached hydrogen (secondary N) is 1. The van der Waals surface area contributed by atoms with Gasteiger partial charge in [-0.15, -0.1) is 0 Å². The average Bonchev–Trinajstić information content (AvgIpc) is 2.18. The normalized spacial score (nSPS) is 9.69. The molecule has 0 fully saturated rings. The van der Waals surface area contributed by atoms with Crippen LogP contribution in [-0.2, 0) is 0 Å². The van der Waals surface area contributed by atoms with Crippen LogP contribution in [0, 0.1) is 5.41 Å². The highest BCUT2D eigenvalue weighted by Crippen LogP contribution is 2.02. The second-order valence-electron chi connectivity index (χ2n) is 3.14. The van der Waals surface area contributed by atoms with E-state index in [1.54, 1.807) is 0 Å². The van der Waals surface area contributed by atoms with Gasteiger partial charge < -0.3 is 4.90 Å². The quantitative estimate of drug-likeness (QED) is 0.555. The van der Waals surface area contributed by atoms with E-state index in [-0.39, 0.29) is 0 Å². The number of nitrogens with zero attached hydrogens (tertiary/aromatic N) is 1. The first-order valence-corrected chi connectivity index (χ1v) is 4.60. The highest BCUT2D eigenvalue weighted by atomic mass is 15.1. The Balaban J connectivity index is 2.68. The van der Waals surface area contributed by atoms with Gasteiger partial charge in [0.2, 0.25) is 0 Å². The lowest BCUT2D eigenvalue weighted by atomic mass is 10.2. The topological polar surface area (TPSA) is 27.1 Å². The molecule has 1 rings (SSSR count). The zero-order valence-corrected chi connectivity index (χ0v) is 8.25.